The predicted octanol–water partition coefficient (Wildman–Crippen LogP) is -0.133. The Hall–Kier alpha value is -2.04. The molecule has 0 aliphatic heterocycles. The molecule has 0 heterocycles. The van der Waals surface area contributed by atoms with E-state index in [0.717, 1.165) is 24.5 Å². The lowest BCUT2D eigenvalue weighted by atomic mass is 10.0. The van der Waals surface area contributed by atoms with Crippen LogP contribution in [0.1, 0.15) is 18.1 Å². The zero-order chi connectivity index (χ0) is 16.4. The van der Waals surface area contributed by atoms with Gasteiger partial charge in [-0.3, -0.25) is 14.9 Å². The molecular weight excluding hydrogens is 306 g/mol. The van der Waals surface area contributed by atoms with Gasteiger partial charge in [0.2, 0.25) is 0 Å². The smallest absolute Gasteiger partial charge is 0.306 e. The minimum absolute atomic E-state index is 0.321. The van der Waals surface area contributed by atoms with Crippen LogP contribution in [0.3, 0.4) is 0 Å². The number of benzene rings is 1. The first-order chi connectivity index (χ1) is 9.54. The van der Waals surface area contributed by atoms with Crippen LogP contribution in [0.15, 0.2) is 23.1 Å². The molecule has 0 bridgehead atoms. The second kappa shape index (κ2) is 6.16. The van der Waals surface area contributed by atoms with Gasteiger partial charge in [-0.15, -0.1) is 0 Å². The number of nitrogens with zero attached hydrogens (tertiary/aromatic N) is 1. The van der Waals surface area contributed by atoms with E-state index in [1.807, 2.05) is 0 Å². The number of aliphatic hydroxyl groups is 2. The topological polar surface area (TPSA) is 155 Å². The van der Waals surface area contributed by atoms with Gasteiger partial charge in [-0.1, -0.05) is 0 Å². The van der Waals surface area contributed by atoms with E-state index < -0.39 is 45.0 Å². The average molecular weight is 319 g/mol. The molecule has 2 atom stereocenters. The molecule has 1 rings (SSSR count). The molecule has 0 aromatic heterocycles. The van der Waals surface area contributed by atoms with E-state index in [2.05, 4.69) is 0 Å². The van der Waals surface area contributed by atoms with E-state index in [0.29, 0.717) is 0 Å². The van der Waals surface area contributed by atoms with Crippen molar-refractivity contribution in [3.05, 3.63) is 33.9 Å². The highest BCUT2D eigenvalue weighted by molar-refractivity contribution is 7.90. The minimum Gasteiger partial charge on any atom is -0.481 e. The lowest BCUT2D eigenvalue weighted by Crippen LogP contribution is -2.22. The van der Waals surface area contributed by atoms with Crippen LogP contribution in [0.4, 0.5) is 5.69 Å². The molecular formula is C11H13NO8S. The van der Waals surface area contributed by atoms with Crippen LogP contribution in [0, 0.1) is 10.1 Å². The maximum atomic E-state index is 11.4. The first-order valence-electron chi connectivity index (χ1n) is 5.60. The van der Waals surface area contributed by atoms with E-state index in [9.17, 15) is 33.5 Å². The molecule has 21 heavy (non-hydrogen) atoms. The van der Waals surface area contributed by atoms with E-state index in [-0.39, 0.29) is 10.5 Å². The third-order valence-corrected chi connectivity index (χ3v) is 3.80. The van der Waals surface area contributed by atoms with Gasteiger partial charge in [0.15, 0.2) is 9.84 Å². The molecule has 0 amide bonds. The fourth-order valence-electron chi connectivity index (χ4n) is 1.66. The third-order valence-electron chi connectivity index (χ3n) is 2.69. The number of sulfone groups is 1. The number of hydrogen-bond acceptors (Lipinski definition) is 7. The SMILES string of the molecule is CS(=O)(=O)c1ccc(C(O)C(O)CC(=O)O)c([N+](=O)[O-])c1. The maximum absolute atomic E-state index is 11.4. The summed E-state index contributed by atoms with van der Waals surface area (Å²) in [5.74, 6) is -1.39. The Morgan fingerprint density at radius 3 is 2.38 bits per heavy atom. The molecule has 0 spiro atoms. The molecule has 0 aliphatic carbocycles. The normalized spacial score (nSPS) is 14.4. The van der Waals surface area contributed by atoms with Crippen molar-refractivity contribution in [1.29, 1.82) is 0 Å². The highest BCUT2D eigenvalue weighted by atomic mass is 32.2. The van der Waals surface area contributed by atoms with Crippen LogP contribution >= 0.6 is 0 Å². The number of nitro benzene ring substituents is 1. The van der Waals surface area contributed by atoms with Crippen molar-refractivity contribution >= 4 is 21.5 Å². The molecule has 3 N–H and O–H groups in total. The van der Waals surface area contributed by atoms with Crippen molar-refractivity contribution in [3.8, 4) is 0 Å². The Morgan fingerprint density at radius 1 is 1.38 bits per heavy atom. The van der Waals surface area contributed by atoms with Gasteiger partial charge in [0.1, 0.15) is 6.10 Å². The molecule has 0 saturated heterocycles. The molecule has 1 aromatic carbocycles. The minimum atomic E-state index is -3.68. The maximum Gasteiger partial charge on any atom is 0.306 e. The fraction of sp³-hybridized carbons (Fsp3) is 0.364. The second-order valence-electron chi connectivity index (χ2n) is 4.36. The number of aliphatic carboxylic acids is 1. The van der Waals surface area contributed by atoms with Crippen molar-refractivity contribution in [2.24, 2.45) is 0 Å². The Labute approximate surface area is 119 Å². The van der Waals surface area contributed by atoms with Crippen LogP contribution < -0.4 is 0 Å². The van der Waals surface area contributed by atoms with Gasteiger partial charge in [-0.05, 0) is 12.1 Å². The highest BCUT2D eigenvalue weighted by Gasteiger charge is 2.29. The van der Waals surface area contributed by atoms with E-state index in [1.165, 1.54) is 0 Å². The summed E-state index contributed by atoms with van der Waals surface area (Å²) in [6.45, 7) is 0. The molecule has 0 radical (unpaired) electrons. The number of carbonyl (C=O) groups is 1. The van der Waals surface area contributed by atoms with Crippen LogP contribution in [-0.2, 0) is 14.6 Å². The number of carboxylic acid groups (broad SMARTS) is 1. The molecule has 0 aliphatic rings. The summed E-state index contributed by atoms with van der Waals surface area (Å²) >= 11 is 0. The Balaban J connectivity index is 3.30. The average Bonchev–Trinajstić information content (AvgIpc) is 2.35. The summed E-state index contributed by atoms with van der Waals surface area (Å²) in [7, 11) is -3.68. The van der Waals surface area contributed by atoms with Crippen molar-refractivity contribution in [2.75, 3.05) is 6.26 Å². The predicted molar refractivity (Wildman–Crippen MR) is 69.4 cm³/mol. The molecule has 0 fully saturated rings. The quantitative estimate of drug-likeness (QED) is 0.483. The van der Waals surface area contributed by atoms with Crippen molar-refractivity contribution < 1.29 is 33.5 Å². The van der Waals surface area contributed by atoms with Gasteiger partial charge < -0.3 is 15.3 Å². The van der Waals surface area contributed by atoms with Crippen LogP contribution in [0.25, 0.3) is 0 Å². The number of carboxylic acids is 1. The monoisotopic (exact) mass is 319 g/mol. The number of rotatable bonds is 6. The van der Waals surface area contributed by atoms with Crippen molar-refractivity contribution in [1.82, 2.24) is 0 Å². The summed E-state index contributed by atoms with van der Waals surface area (Å²) in [5.41, 5.74) is -1.07. The molecule has 1 aromatic rings. The number of aliphatic hydroxyl groups excluding tert-OH is 2. The number of nitro groups is 1. The van der Waals surface area contributed by atoms with Crippen LogP contribution in [-0.4, -0.2) is 47.0 Å². The zero-order valence-corrected chi connectivity index (χ0v) is 11.6. The highest BCUT2D eigenvalue weighted by Crippen LogP contribution is 2.30. The zero-order valence-electron chi connectivity index (χ0n) is 10.8. The van der Waals surface area contributed by atoms with Gasteiger partial charge in [0.25, 0.3) is 5.69 Å². The Morgan fingerprint density at radius 2 is 1.95 bits per heavy atom. The third kappa shape index (κ3) is 4.21. The van der Waals surface area contributed by atoms with Crippen LogP contribution in [0.2, 0.25) is 0 Å². The summed E-state index contributed by atoms with van der Waals surface area (Å²) in [6, 6.07) is 2.76. The Kier molecular flexibility index (Phi) is 4.99. The molecule has 9 nitrogen and oxygen atoms in total. The van der Waals surface area contributed by atoms with Gasteiger partial charge in [0.05, 0.1) is 27.9 Å². The van der Waals surface area contributed by atoms with Crippen molar-refractivity contribution in [2.45, 2.75) is 23.5 Å². The largest absolute Gasteiger partial charge is 0.481 e. The van der Waals surface area contributed by atoms with Gasteiger partial charge in [-0.2, -0.15) is 0 Å². The Bertz CT molecular complexity index is 669. The van der Waals surface area contributed by atoms with E-state index in [4.69, 9.17) is 5.11 Å². The lowest BCUT2D eigenvalue weighted by molar-refractivity contribution is -0.386. The summed E-state index contributed by atoms with van der Waals surface area (Å²) in [5, 5.41) is 38.8. The number of hydrogen-bond donors (Lipinski definition) is 3. The second-order valence-corrected chi connectivity index (χ2v) is 6.38. The van der Waals surface area contributed by atoms with E-state index in [1.54, 1.807) is 0 Å². The van der Waals surface area contributed by atoms with Crippen molar-refractivity contribution in [3.63, 3.8) is 0 Å². The summed E-state index contributed by atoms with van der Waals surface area (Å²) in [6.07, 6.45) is -3.53. The van der Waals surface area contributed by atoms with Gasteiger partial charge in [0, 0.05) is 12.3 Å². The first-order valence-corrected chi connectivity index (χ1v) is 7.49. The standard InChI is InChI=1S/C11H13NO8S/c1-21(19,20)6-2-3-7(8(4-6)12(17)18)11(16)9(13)5-10(14)15/h2-4,9,11,13,16H,5H2,1H3,(H,14,15). The summed E-state index contributed by atoms with van der Waals surface area (Å²) in [4.78, 5) is 20.2. The molecule has 10 heteroatoms. The van der Waals surface area contributed by atoms with Crippen LogP contribution in [0.5, 0.6) is 0 Å². The fourth-order valence-corrected chi connectivity index (χ4v) is 2.30. The van der Waals surface area contributed by atoms with Gasteiger partial charge >= 0.3 is 5.97 Å². The molecule has 2 unspecified atom stereocenters. The molecule has 0 saturated carbocycles. The summed E-state index contributed by atoms with van der Waals surface area (Å²) < 4.78 is 22.7. The lowest BCUT2D eigenvalue weighted by Gasteiger charge is -2.16. The van der Waals surface area contributed by atoms with Gasteiger partial charge in [-0.25, -0.2) is 8.42 Å². The molecule has 116 valence electrons. The van der Waals surface area contributed by atoms with E-state index >= 15 is 0 Å². The first kappa shape index (κ1) is 17.0.